The van der Waals surface area contributed by atoms with Gasteiger partial charge in [0.15, 0.2) is 13.6 Å². The van der Waals surface area contributed by atoms with Gasteiger partial charge < -0.3 is 23.7 Å². The maximum atomic E-state index is 13.0. The third kappa shape index (κ3) is 11.9. The molecule has 9 heteroatoms. The molecule has 1 aromatic carbocycles. The Morgan fingerprint density at radius 3 is 1.97 bits per heavy atom. The second-order valence-electron chi connectivity index (χ2n) is 10.9. The standard InChI is InChI=1S/C25H43ClO6Si2/c1-10-11-19(2)32-25(27)23-20(3)24(26)22(31-18-29-13-15-34(7,8)9)16-21(23)30-17-28-12-14-33(4,5)6/h10,16,19H,1,11-15,17-18H2,2-9H3/t19-/m1/s1. The fourth-order valence-corrected chi connectivity index (χ4v) is 4.53. The van der Waals surface area contributed by atoms with Crippen LogP contribution in [0.1, 0.15) is 29.3 Å². The topological polar surface area (TPSA) is 63.2 Å². The second-order valence-corrected chi connectivity index (χ2v) is 22.5. The molecule has 0 unspecified atom stereocenters. The number of rotatable bonds is 16. The van der Waals surface area contributed by atoms with Gasteiger partial charge in [-0.2, -0.15) is 0 Å². The van der Waals surface area contributed by atoms with Crippen molar-refractivity contribution in [1.82, 2.24) is 0 Å². The van der Waals surface area contributed by atoms with Crippen LogP contribution in [0, 0.1) is 6.92 Å². The van der Waals surface area contributed by atoms with E-state index in [1.807, 2.05) is 6.92 Å². The molecule has 0 aliphatic heterocycles. The van der Waals surface area contributed by atoms with Crippen LogP contribution in [0.2, 0.25) is 56.4 Å². The van der Waals surface area contributed by atoms with Crippen LogP contribution in [0.15, 0.2) is 18.7 Å². The van der Waals surface area contributed by atoms with Crippen LogP contribution in [-0.4, -0.2) is 55.0 Å². The first kappa shape index (κ1) is 30.7. The Labute approximate surface area is 212 Å². The summed E-state index contributed by atoms with van der Waals surface area (Å²) in [5, 5.41) is 0.323. The maximum Gasteiger partial charge on any atom is 0.342 e. The molecule has 0 radical (unpaired) electrons. The summed E-state index contributed by atoms with van der Waals surface area (Å²) in [7, 11) is -2.40. The molecule has 0 bridgehead atoms. The number of carbonyl (C=O) groups is 1. The SMILES string of the molecule is C=CC[C@@H](C)OC(=O)c1c(OCOCC[Si](C)(C)C)cc(OCOCC[Si](C)(C)C)c(Cl)c1C. The lowest BCUT2D eigenvalue weighted by molar-refractivity contribution is 0.0158. The highest BCUT2D eigenvalue weighted by atomic mass is 35.5. The molecule has 0 heterocycles. The van der Waals surface area contributed by atoms with Gasteiger partial charge in [0.05, 0.1) is 5.02 Å². The number of esters is 1. The summed E-state index contributed by atoms with van der Waals surface area (Å²) in [4.78, 5) is 13.0. The predicted molar refractivity (Wildman–Crippen MR) is 145 cm³/mol. The minimum absolute atomic E-state index is 0.0141. The molecule has 0 N–H and O–H groups in total. The summed E-state index contributed by atoms with van der Waals surface area (Å²) in [6.45, 7) is 22.3. The highest BCUT2D eigenvalue weighted by Crippen LogP contribution is 2.38. The molecule has 0 aliphatic rings. The van der Waals surface area contributed by atoms with Gasteiger partial charge in [0.25, 0.3) is 0 Å². The molecule has 0 aromatic heterocycles. The Morgan fingerprint density at radius 1 is 1.00 bits per heavy atom. The minimum atomic E-state index is -1.21. The van der Waals surface area contributed by atoms with Crippen LogP contribution in [0.5, 0.6) is 11.5 Å². The summed E-state index contributed by atoms with van der Waals surface area (Å²) in [6.07, 6.45) is 1.94. The summed E-state index contributed by atoms with van der Waals surface area (Å²) in [5.74, 6) is 0.187. The van der Waals surface area contributed by atoms with Gasteiger partial charge in [-0.1, -0.05) is 57.0 Å². The van der Waals surface area contributed by atoms with Gasteiger partial charge in [-0.05, 0) is 31.5 Å². The zero-order valence-electron chi connectivity index (χ0n) is 22.2. The third-order valence-electron chi connectivity index (χ3n) is 5.03. The number of hydrogen-bond donors (Lipinski definition) is 0. The van der Waals surface area contributed by atoms with Crippen molar-refractivity contribution in [3.05, 3.63) is 34.9 Å². The van der Waals surface area contributed by atoms with Crippen molar-refractivity contribution < 1.29 is 28.5 Å². The minimum Gasteiger partial charge on any atom is -0.466 e. The summed E-state index contributed by atoms with van der Waals surface area (Å²) in [6, 6.07) is 3.67. The Kier molecular flexibility index (Phi) is 12.9. The van der Waals surface area contributed by atoms with E-state index in [1.54, 1.807) is 19.1 Å². The lowest BCUT2D eigenvalue weighted by atomic mass is 10.1. The molecule has 0 spiro atoms. The van der Waals surface area contributed by atoms with Crippen molar-refractivity contribution in [1.29, 1.82) is 0 Å². The summed E-state index contributed by atoms with van der Waals surface area (Å²) in [5.41, 5.74) is 0.788. The second kappa shape index (κ2) is 14.3. The van der Waals surface area contributed by atoms with Gasteiger partial charge in [0, 0.05) is 41.8 Å². The fourth-order valence-electron chi connectivity index (χ4n) is 2.82. The molecule has 0 aliphatic carbocycles. The first-order valence-corrected chi connectivity index (χ1v) is 19.6. The Bertz CT molecular complexity index is 802. The average Bonchev–Trinajstić information content (AvgIpc) is 2.69. The van der Waals surface area contributed by atoms with Crippen LogP contribution in [0.4, 0.5) is 0 Å². The van der Waals surface area contributed by atoms with E-state index in [0.29, 0.717) is 41.7 Å². The van der Waals surface area contributed by atoms with Crippen molar-refractivity contribution >= 4 is 33.7 Å². The smallest absolute Gasteiger partial charge is 0.342 e. The molecule has 1 atom stereocenters. The van der Waals surface area contributed by atoms with Crippen molar-refractivity contribution in [3.63, 3.8) is 0 Å². The summed E-state index contributed by atoms with van der Waals surface area (Å²) < 4.78 is 28.5. The highest BCUT2D eigenvalue weighted by molar-refractivity contribution is 6.76. The van der Waals surface area contributed by atoms with Gasteiger partial charge >= 0.3 is 5.97 Å². The molecule has 34 heavy (non-hydrogen) atoms. The van der Waals surface area contributed by atoms with Crippen molar-refractivity contribution in [2.45, 2.75) is 77.7 Å². The van der Waals surface area contributed by atoms with Crippen LogP contribution in [-0.2, 0) is 14.2 Å². The van der Waals surface area contributed by atoms with Crippen molar-refractivity contribution in [2.24, 2.45) is 0 Å². The molecule has 6 nitrogen and oxygen atoms in total. The summed E-state index contributed by atoms with van der Waals surface area (Å²) >= 11 is 6.55. The zero-order valence-corrected chi connectivity index (χ0v) is 25.0. The van der Waals surface area contributed by atoms with Gasteiger partial charge in [-0.15, -0.1) is 6.58 Å². The lowest BCUT2D eigenvalue weighted by Gasteiger charge is -2.20. The van der Waals surface area contributed by atoms with Crippen molar-refractivity contribution in [3.8, 4) is 11.5 Å². The van der Waals surface area contributed by atoms with Gasteiger partial charge in [-0.3, -0.25) is 0 Å². The first-order chi connectivity index (χ1) is 15.7. The highest BCUT2D eigenvalue weighted by Gasteiger charge is 2.24. The quantitative estimate of drug-likeness (QED) is 0.0743. The largest absolute Gasteiger partial charge is 0.466 e. The van der Waals surface area contributed by atoms with Crippen LogP contribution >= 0.6 is 11.6 Å². The van der Waals surface area contributed by atoms with E-state index in [-0.39, 0.29) is 25.3 Å². The number of halogens is 1. The van der Waals surface area contributed by atoms with Crippen LogP contribution < -0.4 is 9.47 Å². The van der Waals surface area contributed by atoms with E-state index in [9.17, 15) is 4.79 Å². The molecule has 0 amide bonds. The average molecular weight is 531 g/mol. The number of hydrogen-bond acceptors (Lipinski definition) is 6. The van der Waals surface area contributed by atoms with Crippen molar-refractivity contribution in [2.75, 3.05) is 26.8 Å². The molecular weight excluding hydrogens is 488 g/mol. The number of carbonyl (C=O) groups excluding carboxylic acids is 1. The molecule has 1 aromatic rings. The van der Waals surface area contributed by atoms with E-state index in [2.05, 4.69) is 45.9 Å². The van der Waals surface area contributed by atoms with Gasteiger partial charge in [0.1, 0.15) is 23.2 Å². The van der Waals surface area contributed by atoms with Crippen LogP contribution in [0.3, 0.4) is 0 Å². The Balaban J connectivity index is 2.99. The number of benzene rings is 1. The molecule has 0 fully saturated rings. The van der Waals surface area contributed by atoms with Crippen LogP contribution in [0.25, 0.3) is 0 Å². The van der Waals surface area contributed by atoms with Gasteiger partial charge in [0.2, 0.25) is 0 Å². The molecular formula is C25H43ClO6Si2. The van der Waals surface area contributed by atoms with E-state index >= 15 is 0 Å². The normalized spacial score (nSPS) is 12.9. The lowest BCUT2D eigenvalue weighted by Crippen LogP contribution is -2.22. The van der Waals surface area contributed by atoms with Gasteiger partial charge in [-0.25, -0.2) is 4.79 Å². The van der Waals surface area contributed by atoms with E-state index < -0.39 is 22.1 Å². The zero-order chi connectivity index (χ0) is 25.9. The molecule has 194 valence electrons. The van der Waals surface area contributed by atoms with E-state index in [0.717, 1.165) is 12.1 Å². The first-order valence-electron chi connectivity index (χ1n) is 11.8. The Morgan fingerprint density at radius 2 is 1.50 bits per heavy atom. The monoisotopic (exact) mass is 530 g/mol. The predicted octanol–water partition coefficient (Wildman–Crippen LogP) is 7.15. The van der Waals surface area contributed by atoms with E-state index in [4.69, 9.17) is 35.3 Å². The Hall–Kier alpha value is -1.33. The fraction of sp³-hybridized carbons (Fsp3) is 0.640. The number of ether oxygens (including phenoxy) is 5. The molecule has 0 saturated carbocycles. The third-order valence-corrected chi connectivity index (χ3v) is 8.91. The molecule has 1 rings (SSSR count). The molecule has 0 saturated heterocycles. The van der Waals surface area contributed by atoms with E-state index in [1.165, 1.54) is 0 Å². The maximum absolute atomic E-state index is 13.0.